The Labute approximate surface area is 182 Å². The number of nitrogen functional groups attached to an aromatic ring is 1. The Morgan fingerprint density at radius 3 is 2.84 bits per heavy atom. The predicted molar refractivity (Wildman–Crippen MR) is 117 cm³/mol. The second-order valence-corrected chi connectivity index (χ2v) is 7.99. The number of fused-ring (bicyclic) bond motifs is 1. The van der Waals surface area contributed by atoms with Crippen LogP contribution in [0.1, 0.15) is 46.3 Å². The number of esters is 1. The van der Waals surface area contributed by atoms with Crippen LogP contribution in [0.4, 0.5) is 16.5 Å². The maximum atomic E-state index is 12.9. The Kier molecular flexibility index (Phi) is 5.47. The van der Waals surface area contributed by atoms with Crippen LogP contribution in [0.5, 0.6) is 0 Å². The Balaban J connectivity index is 1.79. The molecule has 0 bridgehead atoms. The zero-order valence-corrected chi connectivity index (χ0v) is 18.0. The zero-order valence-electron chi connectivity index (χ0n) is 17.2. The molecule has 3 aromatic heterocycles. The van der Waals surface area contributed by atoms with E-state index >= 15 is 0 Å². The summed E-state index contributed by atoms with van der Waals surface area (Å²) in [5, 5.41) is 10.4. The van der Waals surface area contributed by atoms with Crippen molar-refractivity contribution in [1.82, 2.24) is 10.1 Å². The molecule has 0 saturated heterocycles. The van der Waals surface area contributed by atoms with Gasteiger partial charge in [0.25, 0.3) is 5.91 Å². The van der Waals surface area contributed by atoms with Crippen molar-refractivity contribution in [3.8, 4) is 0 Å². The number of carbonyl (C=O) groups excluding carboxylic acids is 2. The number of aryl methyl sites for hydroxylation is 1. The van der Waals surface area contributed by atoms with Crippen molar-refractivity contribution >= 4 is 39.7 Å². The summed E-state index contributed by atoms with van der Waals surface area (Å²) in [6.07, 6.45) is 3.34. The quantitative estimate of drug-likeness (QED) is 0.513. The highest BCUT2D eigenvalue weighted by Crippen LogP contribution is 2.50. The third-order valence-corrected chi connectivity index (χ3v) is 5.99. The molecule has 1 amide bonds. The molecule has 4 rings (SSSR count). The summed E-state index contributed by atoms with van der Waals surface area (Å²) in [4.78, 5) is 30.2. The number of nitrogens with one attached hydrogen (secondary N) is 2. The second kappa shape index (κ2) is 8.23. The van der Waals surface area contributed by atoms with Crippen LogP contribution in [-0.4, -0.2) is 28.6 Å². The second-order valence-electron chi connectivity index (χ2n) is 6.97. The minimum absolute atomic E-state index is 0.242. The maximum absolute atomic E-state index is 12.9. The number of nitrogens with two attached hydrogens (primary N) is 1. The van der Waals surface area contributed by atoms with Gasteiger partial charge in [0.05, 0.1) is 22.9 Å². The Morgan fingerprint density at radius 1 is 1.39 bits per heavy atom. The molecule has 0 saturated carbocycles. The van der Waals surface area contributed by atoms with E-state index in [0.717, 1.165) is 5.56 Å². The number of anilines is 3. The molecule has 0 aromatic carbocycles. The van der Waals surface area contributed by atoms with Crippen LogP contribution in [0.25, 0.3) is 0 Å². The number of amides is 1. The molecule has 0 radical (unpaired) electrons. The summed E-state index contributed by atoms with van der Waals surface area (Å²) >= 11 is 1.21. The molecule has 1 atom stereocenters. The van der Waals surface area contributed by atoms with E-state index in [2.05, 4.69) is 20.8 Å². The number of nitrogens with zero attached hydrogens (tertiary/aromatic N) is 2. The molecule has 31 heavy (non-hydrogen) atoms. The predicted octanol–water partition coefficient (Wildman–Crippen LogP) is 3.67. The van der Waals surface area contributed by atoms with E-state index in [9.17, 15) is 9.59 Å². The molecule has 0 aliphatic carbocycles. The van der Waals surface area contributed by atoms with Gasteiger partial charge in [-0.25, -0.2) is 4.79 Å². The summed E-state index contributed by atoms with van der Waals surface area (Å²) in [6.45, 7) is 5.52. The highest BCUT2D eigenvalue weighted by molar-refractivity contribution is 7.19. The van der Waals surface area contributed by atoms with Crippen molar-refractivity contribution in [3.63, 3.8) is 0 Å². The standard InChI is InChI=1S/C21H21N5O4S/c1-4-29-21(28)14-11(3)24-20-16(15(14)12-6-5-7-23-9-12)17(22)18(31-20)19(27)25-13-8-10(2)30-26-13/h5-9,15,24H,4,22H2,1-3H3,(H,25,26,27). The molecular formula is C21H21N5O4S. The largest absolute Gasteiger partial charge is 0.463 e. The fraction of sp³-hybridized carbons (Fsp3) is 0.238. The van der Waals surface area contributed by atoms with Crippen molar-refractivity contribution in [2.75, 3.05) is 23.0 Å². The molecule has 3 aromatic rings. The van der Waals surface area contributed by atoms with Crippen LogP contribution in [0.3, 0.4) is 0 Å². The van der Waals surface area contributed by atoms with Crippen LogP contribution in [0, 0.1) is 6.92 Å². The number of aromatic nitrogens is 2. The fourth-order valence-electron chi connectivity index (χ4n) is 3.56. The Hall–Kier alpha value is -3.66. The summed E-state index contributed by atoms with van der Waals surface area (Å²) in [5.74, 6) is -0.498. The van der Waals surface area contributed by atoms with Gasteiger partial charge in [-0.1, -0.05) is 11.2 Å². The summed E-state index contributed by atoms with van der Waals surface area (Å²) in [5.41, 5.74) is 9.25. The topological polar surface area (TPSA) is 132 Å². The van der Waals surface area contributed by atoms with E-state index in [4.69, 9.17) is 15.0 Å². The van der Waals surface area contributed by atoms with Crippen molar-refractivity contribution in [2.24, 2.45) is 0 Å². The number of carbonyl (C=O) groups is 2. The first kappa shape index (κ1) is 20.6. The minimum Gasteiger partial charge on any atom is -0.463 e. The van der Waals surface area contributed by atoms with Crippen molar-refractivity contribution < 1.29 is 18.8 Å². The fourth-order valence-corrected chi connectivity index (χ4v) is 4.67. The molecule has 0 fully saturated rings. The molecule has 0 spiro atoms. The molecular weight excluding hydrogens is 418 g/mol. The molecule has 1 aliphatic rings. The van der Waals surface area contributed by atoms with E-state index in [0.29, 0.717) is 38.3 Å². The van der Waals surface area contributed by atoms with Gasteiger partial charge >= 0.3 is 5.97 Å². The molecule has 1 aliphatic heterocycles. The van der Waals surface area contributed by atoms with Gasteiger partial charge in [0.2, 0.25) is 0 Å². The molecule has 4 heterocycles. The minimum atomic E-state index is -0.518. The van der Waals surface area contributed by atoms with Crippen molar-refractivity contribution in [2.45, 2.75) is 26.7 Å². The Bertz CT molecular complexity index is 1180. The van der Waals surface area contributed by atoms with Gasteiger partial charge in [0, 0.05) is 35.6 Å². The van der Waals surface area contributed by atoms with E-state index in [-0.39, 0.29) is 12.3 Å². The molecule has 4 N–H and O–H groups in total. The van der Waals surface area contributed by atoms with Crippen LogP contribution in [0.2, 0.25) is 0 Å². The summed E-state index contributed by atoms with van der Waals surface area (Å²) in [6, 6.07) is 5.27. The Morgan fingerprint density at radius 2 is 2.19 bits per heavy atom. The van der Waals surface area contributed by atoms with E-state index in [1.807, 2.05) is 6.07 Å². The van der Waals surface area contributed by atoms with Crippen LogP contribution in [-0.2, 0) is 9.53 Å². The average molecular weight is 439 g/mol. The third-order valence-electron chi connectivity index (χ3n) is 4.85. The number of pyridine rings is 1. The maximum Gasteiger partial charge on any atom is 0.336 e. The number of hydrogen-bond donors (Lipinski definition) is 3. The van der Waals surface area contributed by atoms with Gasteiger partial charge in [-0.3, -0.25) is 9.78 Å². The van der Waals surface area contributed by atoms with Crippen LogP contribution < -0.4 is 16.4 Å². The highest BCUT2D eigenvalue weighted by atomic mass is 32.1. The average Bonchev–Trinajstić information content (AvgIpc) is 3.30. The smallest absolute Gasteiger partial charge is 0.336 e. The van der Waals surface area contributed by atoms with Gasteiger partial charge < -0.3 is 25.6 Å². The lowest BCUT2D eigenvalue weighted by atomic mass is 9.82. The zero-order chi connectivity index (χ0) is 22.1. The molecule has 10 heteroatoms. The summed E-state index contributed by atoms with van der Waals surface area (Å²) < 4.78 is 10.3. The lowest BCUT2D eigenvalue weighted by Gasteiger charge is -2.28. The number of allylic oxidation sites excluding steroid dienone is 1. The first-order valence-electron chi connectivity index (χ1n) is 9.62. The monoisotopic (exact) mass is 439 g/mol. The normalized spacial score (nSPS) is 15.3. The van der Waals surface area contributed by atoms with E-state index in [1.165, 1.54) is 11.3 Å². The molecule has 160 valence electrons. The van der Waals surface area contributed by atoms with Crippen LogP contribution >= 0.6 is 11.3 Å². The van der Waals surface area contributed by atoms with Crippen molar-refractivity contribution in [3.05, 3.63) is 63.6 Å². The van der Waals surface area contributed by atoms with Gasteiger partial charge in [-0.05, 0) is 32.4 Å². The van der Waals surface area contributed by atoms with E-state index < -0.39 is 17.8 Å². The van der Waals surface area contributed by atoms with Gasteiger partial charge in [-0.2, -0.15) is 0 Å². The first-order valence-corrected chi connectivity index (χ1v) is 10.4. The number of hydrogen-bond acceptors (Lipinski definition) is 9. The van der Waals surface area contributed by atoms with Gasteiger partial charge in [0.1, 0.15) is 10.6 Å². The van der Waals surface area contributed by atoms with Gasteiger partial charge in [0.15, 0.2) is 5.82 Å². The number of ether oxygens (including phenoxy) is 1. The highest BCUT2D eigenvalue weighted by Gasteiger charge is 2.38. The SMILES string of the molecule is CCOC(=O)C1=C(C)Nc2sc(C(=O)Nc3cc(C)on3)c(N)c2C1c1cccnc1. The van der Waals surface area contributed by atoms with E-state index in [1.54, 1.807) is 45.3 Å². The summed E-state index contributed by atoms with van der Waals surface area (Å²) in [7, 11) is 0. The number of thiophene rings is 1. The third kappa shape index (κ3) is 3.77. The molecule has 9 nitrogen and oxygen atoms in total. The first-order chi connectivity index (χ1) is 14.9. The molecule has 1 unspecified atom stereocenters. The lowest BCUT2D eigenvalue weighted by molar-refractivity contribution is -0.138. The lowest BCUT2D eigenvalue weighted by Crippen LogP contribution is -2.24. The van der Waals surface area contributed by atoms with Crippen molar-refractivity contribution in [1.29, 1.82) is 0 Å². The van der Waals surface area contributed by atoms with Crippen LogP contribution in [0.15, 0.2) is 46.4 Å². The number of rotatable bonds is 5. The van der Waals surface area contributed by atoms with Gasteiger partial charge in [-0.15, -0.1) is 11.3 Å².